The molecule has 0 atom stereocenters. The average Bonchev–Trinajstić information content (AvgIpc) is 2.51. The zero-order valence-electron chi connectivity index (χ0n) is 11.4. The van der Waals surface area contributed by atoms with Gasteiger partial charge in [-0.15, -0.1) is 0 Å². The molecule has 0 N–H and O–H groups in total. The van der Waals surface area contributed by atoms with Crippen molar-refractivity contribution in [3.63, 3.8) is 0 Å². The molecule has 2 aromatic carbocycles. The SMILES string of the molecule is Cc1ccc2ccccc2[n+]1CC(=O)c1ccccc1. The highest BCUT2D eigenvalue weighted by Gasteiger charge is 2.17. The molecule has 1 heterocycles. The number of fused-ring (bicyclic) bond motifs is 1. The molecule has 98 valence electrons. The number of benzene rings is 2. The molecule has 0 amide bonds. The van der Waals surface area contributed by atoms with E-state index in [1.54, 1.807) is 0 Å². The number of nitrogens with zero attached hydrogens (tertiary/aromatic N) is 1. The van der Waals surface area contributed by atoms with Crippen molar-refractivity contribution in [1.82, 2.24) is 0 Å². The first kappa shape index (κ1) is 12.5. The van der Waals surface area contributed by atoms with Crippen LogP contribution in [0.25, 0.3) is 10.9 Å². The molecule has 0 aliphatic carbocycles. The minimum Gasteiger partial charge on any atom is -0.287 e. The first-order valence-electron chi connectivity index (χ1n) is 6.72. The number of hydrogen-bond donors (Lipinski definition) is 0. The van der Waals surface area contributed by atoms with Crippen molar-refractivity contribution in [2.24, 2.45) is 0 Å². The van der Waals surface area contributed by atoms with E-state index in [4.69, 9.17) is 0 Å². The molecule has 3 rings (SSSR count). The summed E-state index contributed by atoms with van der Waals surface area (Å²) in [6.07, 6.45) is 0. The summed E-state index contributed by atoms with van der Waals surface area (Å²) >= 11 is 0. The number of hydrogen-bond acceptors (Lipinski definition) is 1. The predicted molar refractivity (Wildman–Crippen MR) is 79.7 cm³/mol. The van der Waals surface area contributed by atoms with Crippen LogP contribution >= 0.6 is 0 Å². The number of para-hydroxylation sites is 1. The lowest BCUT2D eigenvalue weighted by atomic mass is 10.1. The van der Waals surface area contributed by atoms with Crippen LogP contribution in [0.15, 0.2) is 66.7 Å². The smallest absolute Gasteiger partial charge is 0.227 e. The van der Waals surface area contributed by atoms with Crippen LogP contribution in [0.5, 0.6) is 0 Å². The summed E-state index contributed by atoms with van der Waals surface area (Å²) in [6, 6.07) is 21.7. The predicted octanol–water partition coefficient (Wildman–Crippen LogP) is 3.32. The van der Waals surface area contributed by atoms with Crippen molar-refractivity contribution in [2.45, 2.75) is 13.5 Å². The fourth-order valence-electron chi connectivity index (χ4n) is 2.43. The van der Waals surface area contributed by atoms with Gasteiger partial charge in [0, 0.05) is 30.0 Å². The molecular weight excluding hydrogens is 246 g/mol. The van der Waals surface area contributed by atoms with Crippen LogP contribution in [0.4, 0.5) is 0 Å². The summed E-state index contributed by atoms with van der Waals surface area (Å²) in [5, 5.41) is 1.15. The second kappa shape index (κ2) is 5.25. The van der Waals surface area contributed by atoms with Crippen molar-refractivity contribution in [1.29, 1.82) is 0 Å². The van der Waals surface area contributed by atoms with Gasteiger partial charge in [-0.3, -0.25) is 4.79 Å². The second-order valence-corrected chi connectivity index (χ2v) is 4.91. The van der Waals surface area contributed by atoms with Crippen LogP contribution in [0.1, 0.15) is 16.1 Å². The quantitative estimate of drug-likeness (QED) is 0.524. The third-order valence-corrected chi connectivity index (χ3v) is 3.55. The Hall–Kier alpha value is -2.48. The Morgan fingerprint density at radius 3 is 2.40 bits per heavy atom. The molecule has 0 fully saturated rings. The van der Waals surface area contributed by atoms with Gasteiger partial charge in [0.2, 0.25) is 17.8 Å². The van der Waals surface area contributed by atoms with Crippen LogP contribution in [0.2, 0.25) is 0 Å². The highest BCUT2D eigenvalue weighted by molar-refractivity contribution is 5.95. The van der Waals surface area contributed by atoms with Gasteiger partial charge in [-0.05, 0) is 12.1 Å². The number of ketones is 1. The Morgan fingerprint density at radius 2 is 1.60 bits per heavy atom. The number of carbonyl (C=O) groups is 1. The minimum absolute atomic E-state index is 0.134. The maximum atomic E-state index is 12.4. The van der Waals surface area contributed by atoms with Crippen molar-refractivity contribution >= 4 is 16.7 Å². The topological polar surface area (TPSA) is 20.9 Å². The molecule has 0 unspecified atom stereocenters. The molecule has 1 aromatic heterocycles. The number of carbonyl (C=O) groups excluding carboxylic acids is 1. The molecule has 0 saturated heterocycles. The van der Waals surface area contributed by atoms with Crippen molar-refractivity contribution in [2.75, 3.05) is 0 Å². The highest BCUT2D eigenvalue weighted by atomic mass is 16.1. The summed E-state index contributed by atoms with van der Waals surface area (Å²) in [4.78, 5) is 12.4. The molecule has 0 bridgehead atoms. The average molecular weight is 262 g/mol. The Bertz CT molecular complexity index is 763. The van der Waals surface area contributed by atoms with Gasteiger partial charge in [-0.25, -0.2) is 0 Å². The van der Waals surface area contributed by atoms with Crippen LogP contribution < -0.4 is 4.57 Å². The van der Waals surface area contributed by atoms with E-state index in [1.165, 1.54) is 0 Å². The lowest BCUT2D eigenvalue weighted by Crippen LogP contribution is -2.41. The zero-order chi connectivity index (χ0) is 13.9. The fourth-order valence-corrected chi connectivity index (χ4v) is 2.43. The molecule has 0 saturated carbocycles. The molecule has 2 heteroatoms. The third kappa shape index (κ3) is 2.32. The molecule has 0 aliphatic rings. The fraction of sp³-hybridized carbons (Fsp3) is 0.111. The molecule has 3 aromatic rings. The third-order valence-electron chi connectivity index (χ3n) is 3.55. The van der Waals surface area contributed by atoms with E-state index < -0.39 is 0 Å². The summed E-state index contributed by atoms with van der Waals surface area (Å²) < 4.78 is 2.07. The normalized spacial score (nSPS) is 10.7. The van der Waals surface area contributed by atoms with Crippen LogP contribution in [-0.2, 0) is 6.54 Å². The van der Waals surface area contributed by atoms with Gasteiger partial charge in [-0.2, -0.15) is 4.57 Å². The minimum atomic E-state index is 0.134. The summed E-state index contributed by atoms with van der Waals surface area (Å²) in [5.41, 5.74) is 2.94. The molecule has 0 aliphatic heterocycles. The lowest BCUT2D eigenvalue weighted by Gasteiger charge is -2.04. The monoisotopic (exact) mass is 262 g/mol. The molecule has 0 spiro atoms. The van der Waals surface area contributed by atoms with E-state index in [-0.39, 0.29) is 5.78 Å². The van der Waals surface area contributed by atoms with Crippen LogP contribution in [0.3, 0.4) is 0 Å². The van der Waals surface area contributed by atoms with E-state index >= 15 is 0 Å². The Labute approximate surface area is 118 Å². The van der Waals surface area contributed by atoms with E-state index in [2.05, 4.69) is 28.8 Å². The highest BCUT2D eigenvalue weighted by Crippen LogP contribution is 2.11. The molecule has 0 radical (unpaired) electrons. The molecule has 2 nitrogen and oxygen atoms in total. The van der Waals surface area contributed by atoms with Crippen molar-refractivity contribution in [3.05, 3.63) is 78.0 Å². The standard InChI is InChI=1S/C18H16NO/c1-14-11-12-15-7-5-6-10-17(15)19(14)13-18(20)16-8-3-2-4-9-16/h2-12H,13H2,1H3/q+1. The van der Waals surface area contributed by atoms with E-state index in [0.717, 1.165) is 22.2 Å². The summed E-state index contributed by atoms with van der Waals surface area (Å²) in [7, 11) is 0. The van der Waals surface area contributed by atoms with E-state index in [1.807, 2.05) is 49.4 Å². The maximum Gasteiger partial charge on any atom is 0.227 e. The van der Waals surface area contributed by atoms with Crippen LogP contribution in [-0.4, -0.2) is 5.78 Å². The van der Waals surface area contributed by atoms with Gasteiger partial charge in [0.05, 0.1) is 0 Å². The van der Waals surface area contributed by atoms with Gasteiger partial charge in [0.15, 0.2) is 5.69 Å². The zero-order valence-corrected chi connectivity index (χ0v) is 11.4. The number of aromatic nitrogens is 1. The number of rotatable bonds is 3. The largest absolute Gasteiger partial charge is 0.287 e. The number of aryl methyl sites for hydroxylation is 1. The van der Waals surface area contributed by atoms with Crippen LogP contribution in [0, 0.1) is 6.92 Å². The van der Waals surface area contributed by atoms with E-state index in [0.29, 0.717) is 6.54 Å². The Kier molecular flexibility index (Phi) is 3.30. The maximum absolute atomic E-state index is 12.4. The Morgan fingerprint density at radius 1 is 0.900 bits per heavy atom. The number of pyridine rings is 1. The van der Waals surface area contributed by atoms with Crippen molar-refractivity contribution in [3.8, 4) is 0 Å². The van der Waals surface area contributed by atoms with Crippen molar-refractivity contribution < 1.29 is 9.36 Å². The molecular formula is C18H16NO+. The van der Waals surface area contributed by atoms with Gasteiger partial charge in [0.1, 0.15) is 0 Å². The number of Topliss-reactive ketones (excluding diaryl/α,β-unsaturated/α-hetero) is 1. The van der Waals surface area contributed by atoms with Gasteiger partial charge >= 0.3 is 0 Å². The van der Waals surface area contributed by atoms with Gasteiger partial charge < -0.3 is 0 Å². The Balaban J connectivity index is 2.03. The first-order valence-corrected chi connectivity index (χ1v) is 6.72. The van der Waals surface area contributed by atoms with E-state index in [9.17, 15) is 4.79 Å². The second-order valence-electron chi connectivity index (χ2n) is 4.91. The van der Waals surface area contributed by atoms with Gasteiger partial charge in [-0.1, -0.05) is 42.5 Å². The van der Waals surface area contributed by atoms with Gasteiger partial charge in [0.25, 0.3) is 0 Å². The summed E-state index contributed by atoms with van der Waals surface area (Å²) in [6.45, 7) is 2.40. The lowest BCUT2D eigenvalue weighted by molar-refractivity contribution is -0.663. The molecule has 20 heavy (non-hydrogen) atoms. The summed E-state index contributed by atoms with van der Waals surface area (Å²) in [5.74, 6) is 0.134. The first-order chi connectivity index (χ1) is 9.75.